The van der Waals surface area contributed by atoms with Crippen molar-refractivity contribution in [1.29, 1.82) is 0 Å². The van der Waals surface area contributed by atoms with Gasteiger partial charge in [0.2, 0.25) is 0 Å². The molecule has 88 valence electrons. The molecule has 0 bridgehead atoms. The van der Waals surface area contributed by atoms with Crippen molar-refractivity contribution in [2.45, 2.75) is 18.6 Å². The Hall–Kier alpha value is -1.63. The lowest BCUT2D eigenvalue weighted by Crippen LogP contribution is -2.33. The van der Waals surface area contributed by atoms with Gasteiger partial charge in [0.15, 0.2) is 0 Å². The zero-order valence-corrected chi connectivity index (χ0v) is 8.03. The van der Waals surface area contributed by atoms with Gasteiger partial charge in [-0.25, -0.2) is 0 Å². The third-order valence-corrected chi connectivity index (χ3v) is 1.92. The number of nitrogens with two attached hydrogens (primary N) is 1. The van der Waals surface area contributed by atoms with Gasteiger partial charge in [-0.2, -0.15) is 13.2 Å². The molecule has 0 aliphatic rings. The van der Waals surface area contributed by atoms with Crippen LogP contribution in [-0.2, 0) is 17.4 Å². The summed E-state index contributed by atoms with van der Waals surface area (Å²) in [6, 6.07) is 1.10. The Morgan fingerprint density at radius 3 is 2.69 bits per heavy atom. The molecule has 7 heteroatoms. The standard InChI is InChI=1S/C9H9F3N2O2/c10-9(11,12)7-5(2-1-3-14-7)4-6(13)8(15)16/h1-3,6H,4,13H2,(H,15,16). The molecule has 0 radical (unpaired) electrons. The van der Waals surface area contributed by atoms with Crippen molar-refractivity contribution in [3.63, 3.8) is 0 Å². The average Bonchev–Trinajstić information content (AvgIpc) is 2.16. The van der Waals surface area contributed by atoms with E-state index in [0.717, 1.165) is 6.20 Å². The Morgan fingerprint density at radius 2 is 2.19 bits per heavy atom. The first-order valence-electron chi connectivity index (χ1n) is 4.32. The van der Waals surface area contributed by atoms with Crippen molar-refractivity contribution in [2.24, 2.45) is 5.73 Å². The molecule has 0 fully saturated rings. The smallest absolute Gasteiger partial charge is 0.433 e. The van der Waals surface area contributed by atoms with Gasteiger partial charge in [0.25, 0.3) is 0 Å². The van der Waals surface area contributed by atoms with Gasteiger partial charge in [-0.3, -0.25) is 9.78 Å². The highest BCUT2D eigenvalue weighted by atomic mass is 19.4. The Labute approximate surface area is 88.9 Å². The molecule has 1 aromatic rings. The number of nitrogens with zero attached hydrogens (tertiary/aromatic N) is 1. The van der Waals surface area contributed by atoms with Crippen LogP contribution in [0.4, 0.5) is 13.2 Å². The molecule has 0 aliphatic heterocycles. The van der Waals surface area contributed by atoms with Crippen LogP contribution in [0, 0.1) is 0 Å². The van der Waals surface area contributed by atoms with Gasteiger partial charge in [-0.05, 0) is 11.6 Å². The molecular weight excluding hydrogens is 225 g/mol. The van der Waals surface area contributed by atoms with E-state index in [1.165, 1.54) is 12.1 Å². The molecule has 0 aliphatic carbocycles. The summed E-state index contributed by atoms with van der Waals surface area (Å²) in [4.78, 5) is 13.6. The van der Waals surface area contributed by atoms with E-state index in [4.69, 9.17) is 10.8 Å². The van der Waals surface area contributed by atoms with E-state index in [-0.39, 0.29) is 5.56 Å². The van der Waals surface area contributed by atoms with E-state index in [0.29, 0.717) is 0 Å². The van der Waals surface area contributed by atoms with Gasteiger partial charge in [-0.1, -0.05) is 6.07 Å². The summed E-state index contributed by atoms with van der Waals surface area (Å²) in [6.07, 6.45) is -4.01. The highest BCUT2D eigenvalue weighted by Crippen LogP contribution is 2.30. The minimum absolute atomic E-state index is 0.218. The number of halogens is 3. The second kappa shape index (κ2) is 4.48. The number of carboxylic acids is 1. The number of hydrogen-bond donors (Lipinski definition) is 2. The molecule has 1 heterocycles. The summed E-state index contributed by atoms with van der Waals surface area (Å²) in [7, 11) is 0. The maximum Gasteiger partial charge on any atom is 0.433 e. The topological polar surface area (TPSA) is 76.2 Å². The average molecular weight is 234 g/mol. The normalized spacial score (nSPS) is 13.5. The van der Waals surface area contributed by atoms with Crippen LogP contribution in [0.1, 0.15) is 11.3 Å². The predicted octanol–water partition coefficient (Wildman–Crippen LogP) is 1.05. The zero-order chi connectivity index (χ0) is 12.3. The van der Waals surface area contributed by atoms with Gasteiger partial charge in [0.05, 0.1) is 0 Å². The summed E-state index contributed by atoms with van der Waals surface area (Å²) in [5.74, 6) is -1.35. The summed E-state index contributed by atoms with van der Waals surface area (Å²) in [6.45, 7) is 0. The molecule has 0 aromatic carbocycles. The summed E-state index contributed by atoms with van der Waals surface area (Å²) in [5, 5.41) is 8.51. The van der Waals surface area contributed by atoms with Crippen molar-refractivity contribution in [3.05, 3.63) is 29.6 Å². The Balaban J connectivity index is 3.01. The van der Waals surface area contributed by atoms with Crippen molar-refractivity contribution < 1.29 is 23.1 Å². The molecule has 16 heavy (non-hydrogen) atoms. The quantitative estimate of drug-likeness (QED) is 0.819. The molecule has 1 atom stereocenters. The molecule has 0 spiro atoms. The maximum atomic E-state index is 12.4. The van der Waals surface area contributed by atoms with Crippen LogP contribution >= 0.6 is 0 Å². The predicted molar refractivity (Wildman–Crippen MR) is 48.6 cm³/mol. The molecule has 1 aromatic heterocycles. The van der Waals surface area contributed by atoms with E-state index in [1.807, 2.05) is 0 Å². The van der Waals surface area contributed by atoms with Crippen LogP contribution in [0.2, 0.25) is 0 Å². The minimum Gasteiger partial charge on any atom is -0.480 e. The van der Waals surface area contributed by atoms with Crippen molar-refractivity contribution in [1.82, 2.24) is 4.98 Å². The first-order valence-corrected chi connectivity index (χ1v) is 4.32. The Bertz CT molecular complexity index is 393. The number of pyridine rings is 1. The van der Waals surface area contributed by atoms with Crippen LogP contribution in [0.5, 0.6) is 0 Å². The third kappa shape index (κ3) is 2.93. The number of carboxylic acid groups (broad SMARTS) is 1. The van der Waals surface area contributed by atoms with Gasteiger partial charge in [0.1, 0.15) is 11.7 Å². The third-order valence-electron chi connectivity index (χ3n) is 1.92. The lowest BCUT2D eigenvalue weighted by molar-refractivity contribution is -0.143. The van der Waals surface area contributed by atoms with E-state index < -0.39 is 30.3 Å². The molecule has 1 unspecified atom stereocenters. The second-order valence-corrected chi connectivity index (χ2v) is 3.16. The Kier molecular flexibility index (Phi) is 3.48. The van der Waals surface area contributed by atoms with Crippen molar-refractivity contribution in [3.8, 4) is 0 Å². The highest BCUT2D eigenvalue weighted by Gasteiger charge is 2.35. The molecule has 0 saturated carbocycles. The maximum absolute atomic E-state index is 12.4. The highest BCUT2D eigenvalue weighted by molar-refractivity contribution is 5.73. The summed E-state index contributed by atoms with van der Waals surface area (Å²) in [5.41, 5.74) is 3.86. The van der Waals surface area contributed by atoms with Crippen LogP contribution < -0.4 is 5.73 Å². The number of hydrogen-bond acceptors (Lipinski definition) is 3. The second-order valence-electron chi connectivity index (χ2n) is 3.16. The van der Waals surface area contributed by atoms with Crippen molar-refractivity contribution >= 4 is 5.97 Å². The molecular formula is C9H9F3N2O2. The fourth-order valence-electron chi connectivity index (χ4n) is 1.18. The Morgan fingerprint density at radius 1 is 1.56 bits per heavy atom. The zero-order valence-electron chi connectivity index (χ0n) is 8.03. The van der Waals surface area contributed by atoms with E-state index in [9.17, 15) is 18.0 Å². The van der Waals surface area contributed by atoms with Gasteiger partial charge in [-0.15, -0.1) is 0 Å². The van der Waals surface area contributed by atoms with Gasteiger partial charge >= 0.3 is 12.1 Å². The molecule has 4 nitrogen and oxygen atoms in total. The van der Waals surface area contributed by atoms with E-state index in [1.54, 1.807) is 0 Å². The number of aromatic nitrogens is 1. The monoisotopic (exact) mass is 234 g/mol. The number of carbonyl (C=O) groups is 1. The van der Waals surface area contributed by atoms with Crippen LogP contribution in [0.25, 0.3) is 0 Å². The lowest BCUT2D eigenvalue weighted by atomic mass is 10.0. The fraction of sp³-hybridized carbons (Fsp3) is 0.333. The van der Waals surface area contributed by atoms with E-state index >= 15 is 0 Å². The van der Waals surface area contributed by atoms with Crippen LogP contribution in [0.3, 0.4) is 0 Å². The lowest BCUT2D eigenvalue weighted by Gasteiger charge is -2.12. The molecule has 3 N–H and O–H groups in total. The summed E-state index contributed by atoms with van der Waals surface area (Å²) >= 11 is 0. The van der Waals surface area contributed by atoms with Crippen LogP contribution in [0.15, 0.2) is 18.3 Å². The SMILES string of the molecule is NC(Cc1cccnc1C(F)(F)F)C(=O)O. The largest absolute Gasteiger partial charge is 0.480 e. The summed E-state index contributed by atoms with van der Waals surface area (Å²) < 4.78 is 37.3. The van der Waals surface area contributed by atoms with Crippen LogP contribution in [-0.4, -0.2) is 22.1 Å². The minimum atomic E-state index is -4.60. The van der Waals surface area contributed by atoms with E-state index in [2.05, 4.69) is 4.98 Å². The number of aliphatic carboxylic acids is 1. The first kappa shape index (κ1) is 12.4. The van der Waals surface area contributed by atoms with Crippen molar-refractivity contribution in [2.75, 3.05) is 0 Å². The molecule has 0 amide bonds. The van der Waals surface area contributed by atoms with Gasteiger partial charge < -0.3 is 10.8 Å². The molecule has 0 saturated heterocycles. The number of alkyl halides is 3. The fourth-order valence-corrected chi connectivity index (χ4v) is 1.18. The number of rotatable bonds is 3. The molecule has 1 rings (SSSR count). The first-order chi connectivity index (χ1) is 7.32. The van der Waals surface area contributed by atoms with Gasteiger partial charge in [0, 0.05) is 12.6 Å².